The van der Waals surface area contributed by atoms with Crippen LogP contribution in [0.1, 0.15) is 18.9 Å². The van der Waals surface area contributed by atoms with E-state index >= 15 is 0 Å². The minimum absolute atomic E-state index is 1.07. The van der Waals surface area contributed by atoms with Crippen molar-refractivity contribution in [1.29, 1.82) is 0 Å². The molecule has 1 heterocycles. The molecule has 0 atom stereocenters. The molecule has 0 aliphatic carbocycles. The Labute approximate surface area is 110 Å². The van der Waals surface area contributed by atoms with Crippen molar-refractivity contribution in [2.75, 3.05) is 0 Å². The summed E-state index contributed by atoms with van der Waals surface area (Å²) in [6, 6.07) is 12.7. The molecule has 82 valence electrons. The van der Waals surface area contributed by atoms with Crippen molar-refractivity contribution in [3.8, 4) is 11.3 Å². The summed E-state index contributed by atoms with van der Waals surface area (Å²) in [5, 5.41) is 0. The predicted molar refractivity (Wildman–Crippen MR) is 76.4 cm³/mol. The van der Waals surface area contributed by atoms with Crippen LogP contribution in [0.25, 0.3) is 11.3 Å². The van der Waals surface area contributed by atoms with Gasteiger partial charge in [0.05, 0.1) is 5.69 Å². The summed E-state index contributed by atoms with van der Waals surface area (Å²) >= 11 is 2.33. The molecule has 16 heavy (non-hydrogen) atoms. The maximum Gasteiger partial charge on any atom is 0.0705 e. The first-order valence-electron chi connectivity index (χ1n) is 5.50. The first-order valence-corrected chi connectivity index (χ1v) is 6.58. The summed E-state index contributed by atoms with van der Waals surface area (Å²) in [5.41, 5.74) is 3.64. The van der Waals surface area contributed by atoms with Crippen LogP contribution in [0.5, 0.6) is 0 Å². The van der Waals surface area contributed by atoms with E-state index in [1.54, 1.807) is 0 Å². The normalized spacial score (nSPS) is 10.4. The third-order valence-corrected chi connectivity index (χ3v) is 3.15. The Morgan fingerprint density at radius 2 is 2.06 bits per heavy atom. The minimum Gasteiger partial charge on any atom is -0.256 e. The molecule has 0 aliphatic rings. The predicted octanol–water partition coefficient (Wildman–Crippen LogP) is 4.31. The lowest BCUT2D eigenvalue weighted by Crippen LogP contribution is -1.88. The Morgan fingerprint density at radius 3 is 2.81 bits per heavy atom. The first-order chi connectivity index (χ1) is 7.79. The van der Waals surface area contributed by atoms with Crippen LogP contribution in [-0.4, -0.2) is 4.98 Å². The Balaban J connectivity index is 2.36. The number of rotatable bonds is 3. The molecule has 1 aromatic carbocycles. The molecule has 0 amide bonds. The van der Waals surface area contributed by atoms with Crippen molar-refractivity contribution in [2.24, 2.45) is 0 Å². The van der Waals surface area contributed by atoms with Gasteiger partial charge in [-0.25, -0.2) is 0 Å². The van der Waals surface area contributed by atoms with E-state index in [0.717, 1.165) is 12.1 Å². The molecule has 2 rings (SSSR count). The topological polar surface area (TPSA) is 12.9 Å². The Hall–Kier alpha value is -0.900. The summed E-state index contributed by atoms with van der Waals surface area (Å²) < 4.78 is 1.25. The lowest BCUT2D eigenvalue weighted by atomic mass is 10.1. The van der Waals surface area contributed by atoms with Crippen LogP contribution in [-0.2, 0) is 6.42 Å². The average molecular weight is 323 g/mol. The highest BCUT2D eigenvalue weighted by atomic mass is 127. The van der Waals surface area contributed by atoms with Gasteiger partial charge >= 0.3 is 0 Å². The first kappa shape index (κ1) is 11.6. The monoisotopic (exact) mass is 323 g/mol. The van der Waals surface area contributed by atoms with Gasteiger partial charge < -0.3 is 0 Å². The van der Waals surface area contributed by atoms with Crippen molar-refractivity contribution in [2.45, 2.75) is 19.8 Å². The Morgan fingerprint density at radius 1 is 1.19 bits per heavy atom. The Kier molecular flexibility index (Phi) is 3.93. The van der Waals surface area contributed by atoms with E-state index in [1.165, 1.54) is 21.1 Å². The van der Waals surface area contributed by atoms with E-state index in [-0.39, 0.29) is 0 Å². The van der Waals surface area contributed by atoms with Gasteiger partial charge in [0.15, 0.2) is 0 Å². The molecule has 0 radical (unpaired) electrons. The van der Waals surface area contributed by atoms with E-state index in [4.69, 9.17) is 0 Å². The van der Waals surface area contributed by atoms with Gasteiger partial charge in [0.25, 0.3) is 0 Å². The molecule has 0 saturated carbocycles. The van der Waals surface area contributed by atoms with Crippen LogP contribution in [0.4, 0.5) is 0 Å². The van der Waals surface area contributed by atoms with E-state index in [1.807, 2.05) is 6.20 Å². The maximum absolute atomic E-state index is 4.43. The fourth-order valence-electron chi connectivity index (χ4n) is 1.72. The van der Waals surface area contributed by atoms with E-state index < -0.39 is 0 Å². The van der Waals surface area contributed by atoms with E-state index in [2.05, 4.69) is 70.9 Å². The van der Waals surface area contributed by atoms with Crippen molar-refractivity contribution >= 4 is 22.6 Å². The van der Waals surface area contributed by atoms with Crippen molar-refractivity contribution in [1.82, 2.24) is 4.98 Å². The number of aromatic nitrogens is 1. The standard InChI is InChI=1S/C14H14IN/c1-2-4-11-7-8-16-14(9-11)12-5-3-6-13(15)10-12/h3,5-10H,2,4H2,1H3. The largest absolute Gasteiger partial charge is 0.256 e. The molecule has 0 saturated heterocycles. The van der Waals surface area contributed by atoms with Gasteiger partial charge in [-0.15, -0.1) is 0 Å². The van der Waals surface area contributed by atoms with Gasteiger partial charge in [0.1, 0.15) is 0 Å². The average Bonchev–Trinajstić information content (AvgIpc) is 2.30. The van der Waals surface area contributed by atoms with Crippen molar-refractivity contribution in [3.63, 3.8) is 0 Å². The van der Waals surface area contributed by atoms with E-state index in [0.29, 0.717) is 0 Å². The molecule has 0 N–H and O–H groups in total. The van der Waals surface area contributed by atoms with Crippen LogP contribution >= 0.6 is 22.6 Å². The second kappa shape index (κ2) is 5.43. The lowest BCUT2D eigenvalue weighted by Gasteiger charge is -2.04. The highest BCUT2D eigenvalue weighted by Crippen LogP contribution is 2.20. The molecule has 0 bridgehead atoms. The maximum atomic E-state index is 4.43. The summed E-state index contributed by atoms with van der Waals surface area (Å²) in [6.45, 7) is 2.20. The SMILES string of the molecule is CCCc1ccnc(-c2cccc(I)c2)c1. The van der Waals surface area contributed by atoms with Gasteiger partial charge in [-0.05, 0) is 58.8 Å². The zero-order valence-electron chi connectivity index (χ0n) is 9.28. The van der Waals surface area contributed by atoms with Gasteiger partial charge in [0.2, 0.25) is 0 Å². The Bertz CT molecular complexity index is 480. The van der Waals surface area contributed by atoms with Crippen LogP contribution < -0.4 is 0 Å². The molecule has 2 heteroatoms. The number of hydrogen-bond donors (Lipinski definition) is 0. The fraction of sp³-hybridized carbons (Fsp3) is 0.214. The molecule has 1 aromatic heterocycles. The molecular formula is C14H14IN. The van der Waals surface area contributed by atoms with E-state index in [9.17, 15) is 0 Å². The minimum atomic E-state index is 1.07. The third kappa shape index (κ3) is 2.82. The summed E-state index contributed by atoms with van der Waals surface area (Å²) in [6.07, 6.45) is 4.20. The summed E-state index contributed by atoms with van der Waals surface area (Å²) in [7, 11) is 0. The lowest BCUT2D eigenvalue weighted by molar-refractivity contribution is 0.919. The van der Waals surface area contributed by atoms with Gasteiger partial charge in [-0.1, -0.05) is 25.5 Å². The second-order valence-corrected chi connectivity index (χ2v) is 5.06. The molecule has 0 spiro atoms. The molecule has 2 aromatic rings. The molecule has 1 nitrogen and oxygen atoms in total. The smallest absolute Gasteiger partial charge is 0.0705 e. The molecule has 0 fully saturated rings. The molecule has 0 aliphatic heterocycles. The number of pyridine rings is 1. The van der Waals surface area contributed by atoms with Crippen molar-refractivity contribution in [3.05, 3.63) is 51.7 Å². The van der Waals surface area contributed by atoms with Gasteiger partial charge in [0, 0.05) is 15.3 Å². The second-order valence-electron chi connectivity index (χ2n) is 3.81. The molecular weight excluding hydrogens is 309 g/mol. The van der Waals surface area contributed by atoms with Gasteiger partial charge in [-0.3, -0.25) is 4.98 Å². The highest BCUT2D eigenvalue weighted by molar-refractivity contribution is 14.1. The molecule has 0 unspecified atom stereocenters. The zero-order chi connectivity index (χ0) is 11.4. The number of aryl methyl sites for hydroxylation is 1. The summed E-state index contributed by atoms with van der Waals surface area (Å²) in [4.78, 5) is 4.43. The quantitative estimate of drug-likeness (QED) is 0.767. The van der Waals surface area contributed by atoms with Crippen LogP contribution in [0.15, 0.2) is 42.6 Å². The number of nitrogens with zero attached hydrogens (tertiary/aromatic N) is 1. The number of halogens is 1. The zero-order valence-corrected chi connectivity index (χ0v) is 11.4. The van der Waals surface area contributed by atoms with Gasteiger partial charge in [-0.2, -0.15) is 0 Å². The fourth-order valence-corrected chi connectivity index (χ4v) is 2.27. The van der Waals surface area contributed by atoms with Crippen LogP contribution in [0.3, 0.4) is 0 Å². The number of hydrogen-bond acceptors (Lipinski definition) is 1. The summed E-state index contributed by atoms with van der Waals surface area (Å²) in [5.74, 6) is 0. The van der Waals surface area contributed by atoms with Crippen LogP contribution in [0.2, 0.25) is 0 Å². The number of benzene rings is 1. The van der Waals surface area contributed by atoms with Crippen LogP contribution in [0, 0.1) is 3.57 Å². The highest BCUT2D eigenvalue weighted by Gasteiger charge is 2.00. The third-order valence-electron chi connectivity index (χ3n) is 2.48. The van der Waals surface area contributed by atoms with Crippen molar-refractivity contribution < 1.29 is 0 Å².